The Kier molecular flexibility index (Phi) is 3.94. The SMILES string of the molecule is Cc1cncn1Cc1ccc(-c2ccc(C(F)(F)F)cc2)cc1. The molecule has 3 aromatic rings. The molecule has 118 valence electrons. The second-order valence-electron chi connectivity index (χ2n) is 5.43. The Balaban J connectivity index is 1.78. The molecule has 1 heterocycles. The minimum Gasteiger partial charge on any atom is -0.330 e. The molecule has 0 N–H and O–H groups in total. The minimum atomic E-state index is -4.30. The number of aryl methyl sites for hydroxylation is 1. The zero-order valence-electron chi connectivity index (χ0n) is 12.5. The Morgan fingerprint density at radius 1 is 0.913 bits per heavy atom. The van der Waals surface area contributed by atoms with E-state index in [0.717, 1.165) is 41.1 Å². The number of alkyl halides is 3. The molecule has 0 atom stereocenters. The molecular weight excluding hydrogens is 301 g/mol. The van der Waals surface area contributed by atoms with Crippen LogP contribution in [0.5, 0.6) is 0 Å². The van der Waals surface area contributed by atoms with Crippen LogP contribution in [0.15, 0.2) is 61.1 Å². The van der Waals surface area contributed by atoms with Gasteiger partial charge < -0.3 is 4.57 Å². The topological polar surface area (TPSA) is 17.8 Å². The summed E-state index contributed by atoms with van der Waals surface area (Å²) < 4.78 is 39.8. The molecule has 1 aromatic heterocycles. The average molecular weight is 316 g/mol. The summed E-state index contributed by atoms with van der Waals surface area (Å²) in [7, 11) is 0. The summed E-state index contributed by atoms with van der Waals surface area (Å²) in [6, 6.07) is 13.0. The first kappa shape index (κ1) is 15.3. The van der Waals surface area contributed by atoms with Crippen molar-refractivity contribution in [2.45, 2.75) is 19.6 Å². The molecule has 0 fully saturated rings. The van der Waals surface area contributed by atoms with Crippen molar-refractivity contribution >= 4 is 0 Å². The lowest BCUT2D eigenvalue weighted by atomic mass is 10.0. The molecule has 0 saturated heterocycles. The molecular formula is C18H15F3N2. The third kappa shape index (κ3) is 3.44. The number of hydrogen-bond donors (Lipinski definition) is 0. The van der Waals surface area contributed by atoms with Gasteiger partial charge in [-0.05, 0) is 35.7 Å². The minimum absolute atomic E-state index is 0.631. The largest absolute Gasteiger partial charge is 0.416 e. The zero-order chi connectivity index (χ0) is 16.4. The molecule has 2 aromatic carbocycles. The van der Waals surface area contributed by atoms with Gasteiger partial charge in [0, 0.05) is 18.4 Å². The lowest BCUT2D eigenvalue weighted by molar-refractivity contribution is -0.137. The third-order valence-corrected chi connectivity index (χ3v) is 3.77. The fraction of sp³-hybridized carbons (Fsp3) is 0.167. The van der Waals surface area contributed by atoms with Crippen LogP contribution in [0.2, 0.25) is 0 Å². The van der Waals surface area contributed by atoms with Gasteiger partial charge in [0.05, 0.1) is 11.9 Å². The van der Waals surface area contributed by atoms with Crippen LogP contribution in [0, 0.1) is 6.92 Å². The van der Waals surface area contributed by atoms with Gasteiger partial charge in [-0.15, -0.1) is 0 Å². The lowest BCUT2D eigenvalue weighted by Gasteiger charge is -2.09. The Bertz CT molecular complexity index is 784. The molecule has 0 amide bonds. The highest BCUT2D eigenvalue weighted by atomic mass is 19.4. The second kappa shape index (κ2) is 5.91. The fourth-order valence-electron chi connectivity index (χ4n) is 2.40. The van der Waals surface area contributed by atoms with E-state index in [9.17, 15) is 13.2 Å². The highest BCUT2D eigenvalue weighted by Gasteiger charge is 2.29. The van der Waals surface area contributed by atoms with E-state index in [1.165, 1.54) is 12.1 Å². The quantitative estimate of drug-likeness (QED) is 0.670. The van der Waals surface area contributed by atoms with Gasteiger partial charge in [0.1, 0.15) is 0 Å². The number of rotatable bonds is 3. The molecule has 23 heavy (non-hydrogen) atoms. The summed E-state index contributed by atoms with van der Waals surface area (Å²) in [6.07, 6.45) is -0.722. The van der Waals surface area contributed by atoms with Crippen LogP contribution in [0.3, 0.4) is 0 Å². The van der Waals surface area contributed by atoms with Crippen molar-refractivity contribution in [2.75, 3.05) is 0 Å². The van der Waals surface area contributed by atoms with E-state index in [-0.39, 0.29) is 0 Å². The number of aromatic nitrogens is 2. The maximum Gasteiger partial charge on any atom is 0.416 e. The Labute approximate surface area is 132 Å². The van der Waals surface area contributed by atoms with Crippen LogP contribution in [0.4, 0.5) is 13.2 Å². The summed E-state index contributed by atoms with van der Waals surface area (Å²) in [5.41, 5.74) is 3.22. The summed E-state index contributed by atoms with van der Waals surface area (Å²) in [4.78, 5) is 4.08. The molecule has 0 unspecified atom stereocenters. The maximum atomic E-state index is 12.6. The van der Waals surface area contributed by atoms with Crippen molar-refractivity contribution in [3.05, 3.63) is 77.9 Å². The summed E-state index contributed by atoms with van der Waals surface area (Å²) >= 11 is 0. The Morgan fingerprint density at radius 3 is 1.96 bits per heavy atom. The molecule has 0 aliphatic carbocycles. The predicted octanol–water partition coefficient (Wildman–Crippen LogP) is 4.93. The van der Waals surface area contributed by atoms with Crippen LogP contribution < -0.4 is 0 Å². The van der Waals surface area contributed by atoms with Crippen molar-refractivity contribution < 1.29 is 13.2 Å². The predicted molar refractivity (Wildman–Crippen MR) is 82.9 cm³/mol. The van der Waals surface area contributed by atoms with Crippen molar-refractivity contribution in [2.24, 2.45) is 0 Å². The van der Waals surface area contributed by atoms with E-state index in [0.29, 0.717) is 0 Å². The average Bonchev–Trinajstić information content (AvgIpc) is 2.93. The van der Waals surface area contributed by atoms with E-state index in [4.69, 9.17) is 0 Å². The lowest BCUT2D eigenvalue weighted by Crippen LogP contribution is -2.04. The monoisotopic (exact) mass is 316 g/mol. The van der Waals surface area contributed by atoms with E-state index in [1.807, 2.05) is 35.8 Å². The molecule has 0 aliphatic heterocycles. The molecule has 0 spiro atoms. The van der Waals surface area contributed by atoms with Crippen LogP contribution >= 0.6 is 0 Å². The Morgan fingerprint density at radius 2 is 1.48 bits per heavy atom. The van der Waals surface area contributed by atoms with Gasteiger partial charge in [-0.1, -0.05) is 36.4 Å². The van der Waals surface area contributed by atoms with Gasteiger partial charge in [-0.2, -0.15) is 13.2 Å². The van der Waals surface area contributed by atoms with Crippen molar-refractivity contribution in [3.63, 3.8) is 0 Å². The number of nitrogens with zero attached hydrogens (tertiary/aromatic N) is 2. The summed E-state index contributed by atoms with van der Waals surface area (Å²) in [5, 5.41) is 0. The maximum absolute atomic E-state index is 12.6. The number of halogens is 3. The normalized spacial score (nSPS) is 11.7. The zero-order valence-corrected chi connectivity index (χ0v) is 12.5. The van der Waals surface area contributed by atoms with E-state index >= 15 is 0 Å². The molecule has 0 saturated carbocycles. The molecule has 0 radical (unpaired) electrons. The summed E-state index contributed by atoms with van der Waals surface area (Å²) in [5.74, 6) is 0. The van der Waals surface area contributed by atoms with Crippen LogP contribution in [-0.2, 0) is 12.7 Å². The van der Waals surface area contributed by atoms with Gasteiger partial charge in [-0.3, -0.25) is 0 Å². The molecule has 3 rings (SSSR count). The molecule has 5 heteroatoms. The van der Waals surface area contributed by atoms with Gasteiger partial charge in [0.2, 0.25) is 0 Å². The standard InChI is InChI=1S/C18H15F3N2/c1-13-10-22-12-23(13)11-14-2-4-15(5-3-14)16-6-8-17(9-7-16)18(19,20)21/h2-10,12H,11H2,1H3. The highest BCUT2D eigenvalue weighted by molar-refractivity contribution is 5.64. The van der Waals surface area contributed by atoms with Crippen LogP contribution in [0.25, 0.3) is 11.1 Å². The van der Waals surface area contributed by atoms with Gasteiger partial charge in [0.25, 0.3) is 0 Å². The first-order chi connectivity index (χ1) is 10.9. The van der Waals surface area contributed by atoms with Crippen LogP contribution in [0.1, 0.15) is 16.8 Å². The van der Waals surface area contributed by atoms with Crippen molar-refractivity contribution in [1.29, 1.82) is 0 Å². The van der Waals surface area contributed by atoms with Crippen molar-refractivity contribution in [3.8, 4) is 11.1 Å². The molecule has 2 nitrogen and oxygen atoms in total. The highest BCUT2D eigenvalue weighted by Crippen LogP contribution is 2.31. The molecule has 0 aliphatic rings. The van der Waals surface area contributed by atoms with Gasteiger partial charge in [0.15, 0.2) is 0 Å². The van der Waals surface area contributed by atoms with E-state index < -0.39 is 11.7 Å². The van der Waals surface area contributed by atoms with Gasteiger partial charge in [-0.25, -0.2) is 4.98 Å². The van der Waals surface area contributed by atoms with Crippen molar-refractivity contribution in [1.82, 2.24) is 9.55 Å². The first-order valence-electron chi connectivity index (χ1n) is 7.17. The van der Waals surface area contributed by atoms with Crippen LogP contribution in [-0.4, -0.2) is 9.55 Å². The molecule has 0 bridgehead atoms. The van der Waals surface area contributed by atoms with E-state index in [2.05, 4.69) is 4.98 Å². The first-order valence-corrected chi connectivity index (χ1v) is 7.17. The summed E-state index contributed by atoms with van der Waals surface area (Å²) in [6.45, 7) is 2.71. The van der Waals surface area contributed by atoms with E-state index in [1.54, 1.807) is 12.5 Å². The third-order valence-electron chi connectivity index (χ3n) is 3.77. The fourth-order valence-corrected chi connectivity index (χ4v) is 2.40. The number of imidazole rings is 1. The number of benzene rings is 2. The van der Waals surface area contributed by atoms with Gasteiger partial charge >= 0.3 is 6.18 Å². The number of hydrogen-bond acceptors (Lipinski definition) is 1. The smallest absolute Gasteiger partial charge is 0.330 e. The second-order valence-corrected chi connectivity index (χ2v) is 5.43. The Hall–Kier alpha value is -2.56.